The second-order valence-corrected chi connectivity index (χ2v) is 4.76. The molecule has 0 spiro atoms. The Morgan fingerprint density at radius 3 is 2.36 bits per heavy atom. The first kappa shape index (κ1) is 15.4. The number of benzene rings is 1. The van der Waals surface area contributed by atoms with Crippen molar-refractivity contribution in [3.8, 4) is 0 Å². The Hall–Kier alpha value is -3.00. The highest BCUT2D eigenvalue weighted by Crippen LogP contribution is 2.21. The molecule has 0 aromatic heterocycles. The van der Waals surface area contributed by atoms with Crippen molar-refractivity contribution in [2.45, 2.75) is 0 Å². The highest BCUT2D eigenvalue weighted by atomic mass is 16.6. The second kappa shape index (κ2) is 6.19. The lowest BCUT2D eigenvalue weighted by Gasteiger charge is -2.26. The van der Waals surface area contributed by atoms with Crippen molar-refractivity contribution < 1.29 is 9.68 Å². The zero-order valence-electron chi connectivity index (χ0n) is 12.0. The maximum Gasteiger partial charge on any atom is 0.273 e. The van der Waals surface area contributed by atoms with Crippen molar-refractivity contribution in [1.29, 1.82) is 0 Å². The average molecular weight is 302 g/mol. The summed E-state index contributed by atoms with van der Waals surface area (Å²) in [6.07, 6.45) is 4.12. The summed E-state index contributed by atoms with van der Waals surface area (Å²) in [5.41, 5.74) is 0.874. The lowest BCUT2D eigenvalue weighted by Crippen LogP contribution is -2.14. The van der Waals surface area contributed by atoms with E-state index in [0.29, 0.717) is 15.5 Å². The van der Waals surface area contributed by atoms with Crippen LogP contribution in [-0.4, -0.2) is 28.8 Å². The van der Waals surface area contributed by atoms with Crippen LogP contribution in [0.5, 0.6) is 0 Å². The van der Waals surface area contributed by atoms with Crippen LogP contribution in [0.3, 0.4) is 0 Å². The van der Waals surface area contributed by atoms with Crippen molar-refractivity contribution in [2.24, 2.45) is 0 Å². The first-order valence-corrected chi connectivity index (χ1v) is 6.34. The van der Waals surface area contributed by atoms with Gasteiger partial charge in [0.15, 0.2) is 0 Å². The Labute approximate surface area is 126 Å². The average Bonchev–Trinajstić information content (AvgIpc) is 2.49. The fourth-order valence-corrected chi connectivity index (χ4v) is 1.79. The van der Waals surface area contributed by atoms with Gasteiger partial charge in [-0.25, -0.2) is 0 Å². The van der Waals surface area contributed by atoms with Crippen molar-refractivity contribution in [2.75, 3.05) is 19.0 Å². The molecule has 0 bridgehead atoms. The molecule has 0 aliphatic carbocycles. The normalized spacial score (nSPS) is 15.7. The van der Waals surface area contributed by atoms with E-state index in [-0.39, 0.29) is 11.4 Å². The monoisotopic (exact) mass is 302 g/mol. The quantitative estimate of drug-likeness (QED) is 0.482. The van der Waals surface area contributed by atoms with E-state index in [1.807, 2.05) is 19.0 Å². The Bertz CT molecular complexity index is 689. The predicted octanol–water partition coefficient (Wildman–Crippen LogP) is 2.49. The van der Waals surface area contributed by atoms with Crippen molar-refractivity contribution in [3.05, 3.63) is 80.4 Å². The summed E-state index contributed by atoms with van der Waals surface area (Å²) < 4.78 is 0.493. The maximum absolute atomic E-state index is 12.1. The number of nitro groups is 1. The fourth-order valence-electron chi connectivity index (χ4n) is 1.79. The molecule has 1 aromatic carbocycles. The van der Waals surface area contributed by atoms with Crippen LogP contribution in [0.25, 0.3) is 0 Å². The number of anilines is 1. The number of hydroxylamine groups is 2. The zero-order valence-corrected chi connectivity index (χ0v) is 12.0. The molecule has 8 heteroatoms. The Balaban J connectivity index is 2.26. The molecule has 1 heterocycles. The van der Waals surface area contributed by atoms with Gasteiger partial charge in [0, 0.05) is 49.0 Å². The molecule has 2 rings (SSSR count). The molecule has 22 heavy (non-hydrogen) atoms. The molecule has 1 aromatic rings. The highest BCUT2D eigenvalue weighted by molar-refractivity contribution is 5.49. The van der Waals surface area contributed by atoms with Gasteiger partial charge in [0.05, 0.1) is 9.68 Å². The Morgan fingerprint density at radius 1 is 1.18 bits per heavy atom. The van der Waals surface area contributed by atoms with Gasteiger partial charge in [0.25, 0.3) is 17.6 Å². The minimum atomic E-state index is -0.627. The van der Waals surface area contributed by atoms with E-state index in [2.05, 4.69) is 0 Å². The molecule has 0 saturated carbocycles. The van der Waals surface area contributed by atoms with Gasteiger partial charge in [-0.05, 0) is 18.3 Å². The summed E-state index contributed by atoms with van der Waals surface area (Å²) in [5, 5.41) is 22.7. The lowest BCUT2D eigenvalue weighted by atomic mass is 10.2. The second-order valence-electron chi connectivity index (χ2n) is 4.76. The summed E-state index contributed by atoms with van der Waals surface area (Å²) in [6, 6.07) is 6.72. The van der Waals surface area contributed by atoms with Crippen molar-refractivity contribution in [3.63, 3.8) is 0 Å². The molecular weight excluding hydrogens is 288 g/mol. The molecule has 0 N–H and O–H groups in total. The molecule has 8 nitrogen and oxygen atoms in total. The predicted molar refractivity (Wildman–Crippen MR) is 81.6 cm³/mol. The minimum absolute atomic E-state index is 0.110. The minimum Gasteiger partial charge on any atom is -0.754 e. The topological polar surface area (TPSA) is 92.8 Å². The van der Waals surface area contributed by atoms with Gasteiger partial charge in [-0.15, -0.1) is 0 Å². The van der Waals surface area contributed by atoms with Gasteiger partial charge in [0.2, 0.25) is 0 Å². The third kappa shape index (κ3) is 3.36. The van der Waals surface area contributed by atoms with E-state index in [9.17, 15) is 20.2 Å². The van der Waals surface area contributed by atoms with Crippen LogP contribution >= 0.6 is 0 Å². The van der Waals surface area contributed by atoms with Crippen LogP contribution in [0.2, 0.25) is 0 Å². The van der Waals surface area contributed by atoms with E-state index in [1.54, 1.807) is 24.3 Å². The summed E-state index contributed by atoms with van der Waals surface area (Å²) in [6.45, 7) is 0. The van der Waals surface area contributed by atoms with Gasteiger partial charge >= 0.3 is 0 Å². The van der Waals surface area contributed by atoms with Crippen molar-refractivity contribution in [1.82, 2.24) is 5.06 Å². The smallest absolute Gasteiger partial charge is 0.273 e. The standard InChI is InChI=1S/C14H14N4O4/c1-15(2)11-3-5-12(6-4-11)17(20)10-14-9-13(18(21)22)7-8-16(14)19/h3-10H,1-2H3. The van der Waals surface area contributed by atoms with Gasteiger partial charge in [-0.1, -0.05) is 0 Å². The molecule has 0 atom stereocenters. The van der Waals surface area contributed by atoms with Crippen LogP contribution in [0.1, 0.15) is 0 Å². The maximum atomic E-state index is 12.1. The summed E-state index contributed by atoms with van der Waals surface area (Å²) in [7, 11) is 3.75. The molecule has 114 valence electrons. The number of nitroso groups, excluding NO2 is 1. The highest BCUT2D eigenvalue weighted by Gasteiger charge is 2.18. The molecular formula is C14H14N4O4. The third-order valence-corrected chi connectivity index (χ3v) is 3.01. The van der Waals surface area contributed by atoms with Gasteiger partial charge in [-0.3, -0.25) is 10.1 Å². The van der Waals surface area contributed by atoms with E-state index in [1.165, 1.54) is 0 Å². The molecule has 0 unspecified atom stereocenters. The van der Waals surface area contributed by atoms with Crippen LogP contribution in [-0.2, 0) is 0 Å². The third-order valence-electron chi connectivity index (χ3n) is 3.01. The summed E-state index contributed by atoms with van der Waals surface area (Å²) in [5.74, 6) is 0. The SMILES string of the molecule is CN(C)c1ccc([N+](=O)C=C2C=C([N+](=O)[O-])C=CN2[O-])cc1. The molecule has 0 amide bonds. The summed E-state index contributed by atoms with van der Waals surface area (Å²) in [4.78, 5) is 24.0. The van der Waals surface area contributed by atoms with Gasteiger partial charge in [0.1, 0.15) is 5.70 Å². The van der Waals surface area contributed by atoms with Crippen LogP contribution in [0, 0.1) is 20.2 Å². The molecule has 0 saturated heterocycles. The largest absolute Gasteiger partial charge is 0.754 e. The number of hydrogen-bond acceptors (Lipinski definition) is 6. The summed E-state index contributed by atoms with van der Waals surface area (Å²) >= 11 is 0. The number of nitrogens with zero attached hydrogens (tertiary/aromatic N) is 4. The van der Waals surface area contributed by atoms with Crippen LogP contribution in [0.15, 0.2) is 60.2 Å². The lowest BCUT2D eigenvalue weighted by molar-refractivity contribution is -0.419. The Kier molecular flexibility index (Phi) is 4.33. The molecule has 1 aliphatic heterocycles. The van der Waals surface area contributed by atoms with E-state index >= 15 is 0 Å². The molecule has 0 radical (unpaired) electrons. The number of allylic oxidation sites excluding steroid dienone is 2. The van der Waals surface area contributed by atoms with Gasteiger partial charge < -0.3 is 15.2 Å². The van der Waals surface area contributed by atoms with E-state index in [4.69, 9.17) is 0 Å². The first-order valence-electron chi connectivity index (χ1n) is 6.34. The fraction of sp³-hybridized carbons (Fsp3) is 0.143. The number of hydrogen-bond donors (Lipinski definition) is 0. The van der Waals surface area contributed by atoms with Gasteiger partial charge in [-0.2, -0.15) is 0 Å². The number of rotatable bonds is 4. The van der Waals surface area contributed by atoms with Crippen molar-refractivity contribution >= 4 is 11.4 Å². The van der Waals surface area contributed by atoms with E-state index in [0.717, 1.165) is 30.2 Å². The Morgan fingerprint density at radius 2 is 1.82 bits per heavy atom. The first-order chi connectivity index (χ1) is 10.4. The van der Waals surface area contributed by atoms with Crippen LogP contribution in [0.4, 0.5) is 11.4 Å². The molecule has 0 fully saturated rings. The zero-order chi connectivity index (χ0) is 16.3. The molecule has 1 aliphatic rings. The van der Waals surface area contributed by atoms with Crippen LogP contribution < -0.4 is 4.90 Å². The van der Waals surface area contributed by atoms with E-state index < -0.39 is 4.92 Å².